The minimum atomic E-state index is -0.871. The molecule has 2 aliphatic heterocycles. The maximum Gasteiger partial charge on any atom is 0.263 e. The molecule has 10 heteroatoms. The van der Waals surface area contributed by atoms with Crippen molar-refractivity contribution in [1.82, 2.24) is 15.1 Å². The van der Waals surface area contributed by atoms with Crippen LogP contribution in [0.2, 0.25) is 0 Å². The largest absolute Gasteiger partial charge is 0.337 e. The van der Waals surface area contributed by atoms with Gasteiger partial charge >= 0.3 is 0 Å². The van der Waals surface area contributed by atoms with Gasteiger partial charge in [0.15, 0.2) is 12.1 Å². The predicted octanol–water partition coefficient (Wildman–Crippen LogP) is 3.26. The van der Waals surface area contributed by atoms with E-state index in [1.54, 1.807) is 17.8 Å². The highest BCUT2D eigenvalue weighted by Gasteiger charge is 2.55. The zero-order valence-corrected chi connectivity index (χ0v) is 17.6. The van der Waals surface area contributed by atoms with E-state index in [9.17, 15) is 9.59 Å². The minimum Gasteiger partial charge on any atom is -0.337 e. The number of benzene rings is 2. The second-order valence-electron chi connectivity index (χ2n) is 7.23. The van der Waals surface area contributed by atoms with Crippen molar-refractivity contribution in [2.75, 3.05) is 11.2 Å². The van der Waals surface area contributed by atoms with Crippen molar-refractivity contribution >= 4 is 29.3 Å². The maximum atomic E-state index is 13.1. The van der Waals surface area contributed by atoms with E-state index in [2.05, 4.69) is 20.5 Å². The molecular formula is C21H18N6O3S. The number of carbonyl (C=O) groups is 2. The first-order valence-corrected chi connectivity index (χ1v) is 10.9. The van der Waals surface area contributed by atoms with Gasteiger partial charge in [-0.15, -0.1) is 11.8 Å². The lowest BCUT2D eigenvalue weighted by Gasteiger charge is -2.19. The van der Waals surface area contributed by atoms with Crippen LogP contribution in [0.4, 0.5) is 5.69 Å². The highest BCUT2D eigenvalue weighted by atomic mass is 32.2. The lowest BCUT2D eigenvalue weighted by atomic mass is 10.1. The quantitative estimate of drug-likeness (QED) is 0.448. The summed E-state index contributed by atoms with van der Waals surface area (Å²) in [4.78, 5) is 32.6. The molecule has 3 heterocycles. The molecule has 0 N–H and O–H groups in total. The Morgan fingerprint density at radius 1 is 1.10 bits per heavy atom. The third-order valence-electron chi connectivity index (χ3n) is 5.32. The van der Waals surface area contributed by atoms with Crippen LogP contribution in [0, 0.1) is 6.92 Å². The average Bonchev–Trinajstić information content (AvgIpc) is 3.47. The molecule has 2 amide bonds. The molecule has 0 radical (unpaired) electrons. The Morgan fingerprint density at radius 2 is 1.94 bits per heavy atom. The monoisotopic (exact) mass is 434 g/mol. The molecule has 1 saturated heterocycles. The van der Waals surface area contributed by atoms with Gasteiger partial charge in [0, 0.05) is 10.5 Å². The van der Waals surface area contributed by atoms with Crippen LogP contribution in [0.25, 0.3) is 11.4 Å². The predicted molar refractivity (Wildman–Crippen MR) is 113 cm³/mol. The Morgan fingerprint density at radius 3 is 2.74 bits per heavy atom. The van der Waals surface area contributed by atoms with E-state index in [1.807, 2.05) is 55.6 Å². The molecule has 0 aliphatic carbocycles. The summed E-state index contributed by atoms with van der Waals surface area (Å²) in [5, 5.41) is 13.6. The molecule has 2 aromatic carbocycles. The van der Waals surface area contributed by atoms with E-state index in [0.717, 1.165) is 16.0 Å². The first-order valence-electron chi connectivity index (χ1n) is 9.64. The number of hydrogen-bond donors (Lipinski definition) is 0. The van der Waals surface area contributed by atoms with E-state index in [0.29, 0.717) is 17.4 Å². The third-order valence-corrected chi connectivity index (χ3v) is 6.05. The number of anilines is 1. The molecular weight excluding hydrogens is 416 g/mol. The van der Waals surface area contributed by atoms with E-state index in [4.69, 9.17) is 4.52 Å². The normalized spacial score (nSPS) is 20.1. The number of thioether (sulfide) groups is 1. The van der Waals surface area contributed by atoms with E-state index < -0.39 is 12.1 Å². The Hall–Kier alpha value is -3.53. The highest BCUT2D eigenvalue weighted by Crippen LogP contribution is 2.34. The summed E-state index contributed by atoms with van der Waals surface area (Å²) in [5.41, 5.74) is 2.42. The molecule has 0 saturated carbocycles. The van der Waals surface area contributed by atoms with Gasteiger partial charge in [0.2, 0.25) is 11.7 Å². The number of aryl methyl sites for hydroxylation is 1. The van der Waals surface area contributed by atoms with Crippen LogP contribution in [0.1, 0.15) is 11.5 Å². The van der Waals surface area contributed by atoms with Crippen LogP contribution < -0.4 is 4.90 Å². The van der Waals surface area contributed by atoms with Crippen LogP contribution in [-0.4, -0.2) is 45.3 Å². The van der Waals surface area contributed by atoms with Gasteiger partial charge in [0.25, 0.3) is 11.8 Å². The first kappa shape index (κ1) is 19.4. The van der Waals surface area contributed by atoms with Gasteiger partial charge in [-0.2, -0.15) is 10.1 Å². The second kappa shape index (κ2) is 7.62. The lowest BCUT2D eigenvalue weighted by Crippen LogP contribution is -2.39. The smallest absolute Gasteiger partial charge is 0.263 e. The molecule has 1 aromatic heterocycles. The van der Waals surface area contributed by atoms with E-state index in [1.165, 1.54) is 9.91 Å². The molecule has 5 rings (SSSR count). The molecule has 0 bridgehead atoms. The minimum absolute atomic E-state index is 0.0846. The molecule has 1 fully saturated rings. The topological polar surface area (TPSA) is 104 Å². The molecule has 2 aliphatic rings. The van der Waals surface area contributed by atoms with Gasteiger partial charge in [-0.3, -0.25) is 14.6 Å². The van der Waals surface area contributed by atoms with Gasteiger partial charge < -0.3 is 4.52 Å². The molecule has 156 valence electrons. The molecule has 0 unspecified atom stereocenters. The van der Waals surface area contributed by atoms with Crippen molar-refractivity contribution in [3.05, 3.63) is 60.0 Å². The summed E-state index contributed by atoms with van der Waals surface area (Å²) in [7, 11) is 0. The number of imide groups is 1. The summed E-state index contributed by atoms with van der Waals surface area (Å²) in [6.45, 7) is 2.05. The summed E-state index contributed by atoms with van der Waals surface area (Å²) in [5.74, 6) is 0.00794. The van der Waals surface area contributed by atoms with Crippen molar-refractivity contribution in [3.63, 3.8) is 0 Å². The second-order valence-corrected chi connectivity index (χ2v) is 8.11. The average molecular weight is 434 g/mol. The number of fused-ring (bicyclic) bond motifs is 1. The lowest BCUT2D eigenvalue weighted by molar-refractivity contribution is -0.123. The van der Waals surface area contributed by atoms with Crippen molar-refractivity contribution in [1.29, 1.82) is 0 Å². The van der Waals surface area contributed by atoms with E-state index >= 15 is 0 Å². The van der Waals surface area contributed by atoms with Crippen molar-refractivity contribution in [2.24, 2.45) is 10.3 Å². The first-order chi connectivity index (χ1) is 15.1. The van der Waals surface area contributed by atoms with Crippen molar-refractivity contribution in [3.8, 4) is 11.4 Å². The highest BCUT2D eigenvalue weighted by molar-refractivity contribution is 7.98. The fraction of sp³-hybridized carbons (Fsp3) is 0.238. The fourth-order valence-electron chi connectivity index (χ4n) is 3.75. The number of aromatic nitrogens is 2. The van der Waals surface area contributed by atoms with Crippen molar-refractivity contribution in [2.45, 2.75) is 30.4 Å². The SMILES string of the molecule is CSc1cccc(N2C(=O)[C@@H]3N=NN(Cc4nc(-c5ccccc5C)no4)[C@H]3C2=O)c1. The zero-order chi connectivity index (χ0) is 21.5. The van der Waals surface area contributed by atoms with E-state index in [-0.39, 0.29) is 18.4 Å². The Bertz CT molecular complexity index is 1210. The number of nitrogens with zero attached hydrogens (tertiary/aromatic N) is 6. The Labute approximate surface area is 182 Å². The van der Waals surface area contributed by atoms with Gasteiger partial charge in [-0.25, -0.2) is 4.90 Å². The van der Waals surface area contributed by atoms with Gasteiger partial charge in [0.1, 0.15) is 6.54 Å². The standard InChI is InChI=1S/C21H18N6O3S/c1-12-6-3-4-9-15(12)19-22-16(30-24-19)11-26-18-17(23-25-26)20(28)27(21(18)29)13-7-5-8-14(10-13)31-2/h3-10,17-18H,11H2,1-2H3/t17-,18-/m1/s1. The fourth-order valence-corrected chi connectivity index (χ4v) is 4.20. The van der Waals surface area contributed by atoms with Crippen LogP contribution in [-0.2, 0) is 16.1 Å². The van der Waals surface area contributed by atoms with Gasteiger partial charge in [-0.1, -0.05) is 40.7 Å². The van der Waals surface area contributed by atoms with Crippen LogP contribution >= 0.6 is 11.8 Å². The molecule has 0 spiro atoms. The molecule has 9 nitrogen and oxygen atoms in total. The zero-order valence-electron chi connectivity index (χ0n) is 16.8. The molecule has 3 aromatic rings. The van der Waals surface area contributed by atoms with Crippen molar-refractivity contribution < 1.29 is 14.1 Å². The molecule has 31 heavy (non-hydrogen) atoms. The number of carbonyl (C=O) groups excluding carboxylic acids is 2. The Balaban J connectivity index is 1.37. The van der Waals surface area contributed by atoms with Crippen LogP contribution in [0.3, 0.4) is 0 Å². The summed E-state index contributed by atoms with van der Waals surface area (Å²) < 4.78 is 5.37. The van der Waals surface area contributed by atoms with Gasteiger partial charge in [0.05, 0.1) is 5.69 Å². The van der Waals surface area contributed by atoms with Gasteiger partial charge in [-0.05, 0) is 36.9 Å². The summed E-state index contributed by atoms with van der Waals surface area (Å²) >= 11 is 1.54. The maximum absolute atomic E-state index is 13.1. The van der Waals surface area contributed by atoms with Crippen LogP contribution in [0.5, 0.6) is 0 Å². The number of amides is 2. The summed E-state index contributed by atoms with van der Waals surface area (Å²) in [6.07, 6.45) is 1.94. The molecule has 2 atom stereocenters. The summed E-state index contributed by atoms with van der Waals surface area (Å²) in [6, 6.07) is 13.3. The number of rotatable bonds is 5. The number of hydrogen-bond acceptors (Lipinski definition) is 9. The van der Waals surface area contributed by atoms with Crippen LogP contribution in [0.15, 0.2) is 68.3 Å². The Kier molecular flexibility index (Phi) is 4.78. The third kappa shape index (κ3) is 3.28.